The lowest BCUT2D eigenvalue weighted by Crippen LogP contribution is -2.56. The van der Waals surface area contributed by atoms with Crippen LogP contribution in [0.5, 0.6) is 0 Å². The molecule has 0 saturated carbocycles. The Labute approximate surface area is 188 Å². The molecule has 0 fully saturated rings. The number of amides is 1. The lowest BCUT2D eigenvalue weighted by Gasteiger charge is -2.41. The number of hydrogen-bond donors (Lipinski definition) is 1. The van der Waals surface area contributed by atoms with E-state index < -0.39 is 33.8 Å². The van der Waals surface area contributed by atoms with Gasteiger partial charge in [0.15, 0.2) is 16.6 Å². The molecule has 1 amide bonds. The van der Waals surface area contributed by atoms with Crippen molar-refractivity contribution in [3.8, 4) is 0 Å². The summed E-state index contributed by atoms with van der Waals surface area (Å²) in [4.78, 5) is 11.6. The third-order valence-corrected chi connectivity index (χ3v) is 16.6. The molecule has 0 aromatic carbocycles. The van der Waals surface area contributed by atoms with E-state index >= 15 is 0 Å². The predicted octanol–water partition coefficient (Wildman–Crippen LogP) is 7.11. The van der Waals surface area contributed by atoms with Gasteiger partial charge in [-0.25, -0.2) is 0 Å². The highest BCUT2D eigenvalue weighted by Crippen LogP contribution is 2.27. The third kappa shape index (κ3) is 21.0. The number of rotatable bonds is 11. The molecule has 5 nitrogen and oxygen atoms in total. The van der Waals surface area contributed by atoms with Gasteiger partial charge in [0.05, 0.1) is 0 Å². The molecule has 0 heterocycles. The quantitative estimate of drug-likeness (QED) is 0.192. The summed E-state index contributed by atoms with van der Waals surface area (Å²) in [5, 5.41) is 2.89. The summed E-state index contributed by atoms with van der Waals surface area (Å²) < 4.78 is 19.5. The summed E-state index contributed by atoms with van der Waals surface area (Å²) in [6, 6.07) is 0.846. The molecule has 0 bridgehead atoms. The van der Waals surface area contributed by atoms with E-state index in [0.29, 0.717) is 12.1 Å². The maximum absolute atomic E-state index is 11.6. The van der Waals surface area contributed by atoms with Gasteiger partial charge in [0.25, 0.3) is 0 Å². The smallest absolute Gasteiger partial charge is 0.315 e. The van der Waals surface area contributed by atoms with Crippen LogP contribution >= 0.6 is 0 Å². The number of carbonyl (C=O) groups is 1. The highest BCUT2D eigenvalue weighted by Gasteiger charge is 2.44. The molecule has 0 aliphatic rings. The normalized spacial score (nSPS) is 13.4. The van der Waals surface area contributed by atoms with Gasteiger partial charge in [-0.1, -0.05) is 36.3 Å². The van der Waals surface area contributed by atoms with Crippen LogP contribution in [0.15, 0.2) is 12.2 Å². The van der Waals surface area contributed by atoms with Gasteiger partial charge in [-0.3, -0.25) is 4.79 Å². The Morgan fingerprint density at radius 3 is 1.55 bits per heavy atom. The van der Waals surface area contributed by atoms with E-state index in [1.807, 2.05) is 0 Å². The minimum absolute atomic E-state index is 0. The Morgan fingerprint density at radius 1 is 0.793 bits per heavy atom. The fourth-order valence-corrected chi connectivity index (χ4v) is 20.8. The molecule has 29 heavy (non-hydrogen) atoms. The van der Waals surface area contributed by atoms with Crippen molar-refractivity contribution < 1.29 is 17.1 Å². The number of nitrogens with one attached hydrogen (secondary N) is 1. The van der Waals surface area contributed by atoms with E-state index in [4.69, 9.17) is 12.3 Å². The van der Waals surface area contributed by atoms with E-state index in [1.54, 1.807) is 6.92 Å². The maximum Gasteiger partial charge on any atom is 0.315 e. The Hall–Kier alpha value is -0.0425. The third-order valence-electron chi connectivity index (χ3n) is 3.02. The van der Waals surface area contributed by atoms with Gasteiger partial charge < -0.3 is 17.7 Å². The Morgan fingerprint density at radius 2 is 1.21 bits per heavy atom. The summed E-state index contributed by atoms with van der Waals surface area (Å²) in [6.07, 6.45) is 0.837. The zero-order chi connectivity index (χ0) is 20.1. The predicted molar refractivity (Wildman–Crippen MR) is 143 cm³/mol. The molecule has 0 aliphatic carbocycles. The largest absolute Gasteiger partial charge is 0.437 e. The standard InChI is InChI=1S/C16H39NO4Si4.4CH4/c1-15(2)16(18)17-13-12-14-25(11,20-23(6,7)8)21-24(9,10)19-22(3,4)5;;;;/h1,12-14H2,2-11H3,(H,17,18);4*1H4. The number of hydrogen-bond acceptors (Lipinski definition) is 4. The van der Waals surface area contributed by atoms with Crippen LogP contribution in [0.3, 0.4) is 0 Å². The highest BCUT2D eigenvalue weighted by atomic mass is 28.5. The van der Waals surface area contributed by atoms with Gasteiger partial charge in [0.1, 0.15) is 0 Å². The summed E-state index contributed by atoms with van der Waals surface area (Å²) >= 11 is 0. The molecule has 1 atom stereocenters. The van der Waals surface area contributed by atoms with Crippen LogP contribution in [0.1, 0.15) is 43.1 Å². The van der Waals surface area contributed by atoms with Crippen LogP contribution < -0.4 is 5.32 Å². The van der Waals surface area contributed by atoms with Crippen LogP contribution in [0.25, 0.3) is 0 Å². The zero-order valence-electron chi connectivity index (χ0n) is 18.0. The van der Waals surface area contributed by atoms with Crippen LogP contribution in [0.4, 0.5) is 0 Å². The zero-order valence-corrected chi connectivity index (χ0v) is 22.0. The molecule has 0 radical (unpaired) electrons. The van der Waals surface area contributed by atoms with Crippen molar-refractivity contribution in [2.24, 2.45) is 0 Å². The van der Waals surface area contributed by atoms with E-state index in [1.165, 1.54) is 0 Å². The fraction of sp³-hybridized carbons (Fsp3) is 0.850. The maximum atomic E-state index is 11.6. The molecule has 0 rings (SSSR count). The second-order valence-corrected chi connectivity index (χ2v) is 25.7. The van der Waals surface area contributed by atoms with Crippen LogP contribution in [-0.2, 0) is 17.1 Å². The highest BCUT2D eigenvalue weighted by molar-refractivity contribution is 6.89. The van der Waals surface area contributed by atoms with Crippen LogP contribution in [-0.4, -0.2) is 46.2 Å². The van der Waals surface area contributed by atoms with Crippen LogP contribution in [0, 0.1) is 0 Å². The SMILES string of the molecule is C.C.C.C.C=C(C)C(=O)NCCC[Si](C)(O[Si](C)(C)C)O[Si](C)(C)O[Si](C)(C)C. The fourth-order valence-electron chi connectivity index (χ4n) is 2.81. The minimum Gasteiger partial charge on any atom is -0.437 e. The second kappa shape index (κ2) is 14.9. The molecule has 0 aliphatic heterocycles. The molecule has 0 saturated heterocycles. The van der Waals surface area contributed by atoms with Crippen LogP contribution in [0.2, 0.25) is 65.0 Å². The summed E-state index contributed by atoms with van der Waals surface area (Å²) in [6.45, 7) is 25.5. The van der Waals surface area contributed by atoms with Gasteiger partial charge >= 0.3 is 17.1 Å². The van der Waals surface area contributed by atoms with Crippen molar-refractivity contribution in [1.29, 1.82) is 0 Å². The number of carbonyl (C=O) groups excluding carboxylic acids is 1. The van der Waals surface area contributed by atoms with Crippen molar-refractivity contribution in [2.75, 3.05) is 6.54 Å². The molecule has 1 N–H and O–H groups in total. The first-order valence-corrected chi connectivity index (χ1v) is 21.1. The lowest BCUT2D eigenvalue weighted by atomic mass is 10.3. The van der Waals surface area contributed by atoms with E-state index in [9.17, 15) is 4.79 Å². The van der Waals surface area contributed by atoms with E-state index in [2.05, 4.69) is 70.8 Å². The lowest BCUT2D eigenvalue weighted by molar-refractivity contribution is -0.117. The molecular formula is C20H55NO4Si4. The van der Waals surface area contributed by atoms with Crippen molar-refractivity contribution in [1.82, 2.24) is 5.32 Å². The molecule has 180 valence electrons. The molecule has 0 aromatic heterocycles. The van der Waals surface area contributed by atoms with E-state index in [0.717, 1.165) is 12.5 Å². The Kier molecular flexibility index (Phi) is 20.2. The molecular weight excluding hydrogens is 431 g/mol. The van der Waals surface area contributed by atoms with Gasteiger partial charge in [0.2, 0.25) is 5.91 Å². The van der Waals surface area contributed by atoms with Gasteiger partial charge in [-0.05, 0) is 78.3 Å². The summed E-state index contributed by atoms with van der Waals surface area (Å²) in [5.74, 6) is -0.0906. The Balaban J connectivity index is -0.000000480. The summed E-state index contributed by atoms with van der Waals surface area (Å²) in [5.41, 5.74) is 0.534. The first-order valence-electron chi connectivity index (χ1n) is 8.99. The second-order valence-electron chi connectivity index (χ2n) is 9.20. The molecule has 0 aromatic rings. The summed E-state index contributed by atoms with van der Waals surface area (Å²) in [7, 11) is -8.03. The van der Waals surface area contributed by atoms with Gasteiger partial charge in [-0.2, -0.15) is 0 Å². The van der Waals surface area contributed by atoms with Gasteiger partial charge in [-0.15, -0.1) is 0 Å². The minimum atomic E-state index is -2.37. The molecule has 9 heteroatoms. The van der Waals surface area contributed by atoms with Crippen molar-refractivity contribution in [3.05, 3.63) is 12.2 Å². The topological polar surface area (TPSA) is 56.8 Å². The first-order chi connectivity index (χ1) is 10.9. The first kappa shape index (κ1) is 39.4. The van der Waals surface area contributed by atoms with Crippen molar-refractivity contribution in [2.45, 2.75) is 108 Å². The molecule has 0 spiro atoms. The average Bonchev–Trinajstić information content (AvgIpc) is 2.27. The van der Waals surface area contributed by atoms with Gasteiger partial charge in [0, 0.05) is 12.1 Å². The van der Waals surface area contributed by atoms with Crippen molar-refractivity contribution in [3.63, 3.8) is 0 Å². The van der Waals surface area contributed by atoms with Crippen molar-refractivity contribution >= 4 is 39.7 Å². The monoisotopic (exact) mass is 485 g/mol. The van der Waals surface area contributed by atoms with E-state index in [-0.39, 0.29) is 35.6 Å². The Bertz CT molecular complexity index is 474. The average molecular weight is 486 g/mol. The molecule has 1 unspecified atom stereocenters.